The van der Waals surface area contributed by atoms with Crippen LogP contribution in [0.4, 0.5) is 0 Å². The molecule has 0 saturated heterocycles. The minimum atomic E-state index is 0.179. The van der Waals surface area contributed by atoms with Gasteiger partial charge in [0, 0.05) is 12.5 Å². The zero-order valence-electron chi connectivity index (χ0n) is 13.8. The van der Waals surface area contributed by atoms with Crippen LogP contribution in [0.2, 0.25) is 0 Å². The fourth-order valence-corrected chi connectivity index (χ4v) is 4.06. The van der Waals surface area contributed by atoms with E-state index in [4.69, 9.17) is 0 Å². The fourth-order valence-electron chi connectivity index (χ4n) is 4.06. The Kier molecular flexibility index (Phi) is 5.06. The summed E-state index contributed by atoms with van der Waals surface area (Å²) >= 11 is 0. The summed E-state index contributed by atoms with van der Waals surface area (Å²) in [4.78, 5) is 15.0. The van der Waals surface area contributed by atoms with Crippen LogP contribution in [-0.4, -0.2) is 29.8 Å². The highest BCUT2D eigenvalue weighted by molar-refractivity contribution is 5.97. The monoisotopic (exact) mass is 277 g/mol. The molecule has 0 fully saturated rings. The maximum Gasteiger partial charge on any atom is 0.159 e. The van der Waals surface area contributed by atoms with E-state index in [2.05, 4.69) is 32.6 Å². The van der Waals surface area contributed by atoms with E-state index in [-0.39, 0.29) is 5.41 Å². The van der Waals surface area contributed by atoms with E-state index in [9.17, 15) is 4.79 Å². The van der Waals surface area contributed by atoms with Crippen LogP contribution in [0.1, 0.15) is 72.6 Å². The molecule has 0 amide bonds. The summed E-state index contributed by atoms with van der Waals surface area (Å²) in [6.07, 6.45) is 7.70. The molecule has 114 valence electrons. The Hall–Kier alpha value is -0.630. The first-order valence-corrected chi connectivity index (χ1v) is 8.45. The van der Waals surface area contributed by atoms with Gasteiger partial charge < -0.3 is 4.90 Å². The Morgan fingerprint density at radius 3 is 2.40 bits per heavy atom. The Morgan fingerprint density at radius 1 is 1.15 bits per heavy atom. The van der Waals surface area contributed by atoms with E-state index in [0.29, 0.717) is 11.8 Å². The molecule has 0 unspecified atom stereocenters. The van der Waals surface area contributed by atoms with E-state index < -0.39 is 0 Å². The number of carbonyl (C=O) groups is 1. The van der Waals surface area contributed by atoms with Crippen LogP contribution < -0.4 is 0 Å². The highest BCUT2D eigenvalue weighted by Crippen LogP contribution is 2.43. The molecule has 0 saturated carbocycles. The molecule has 2 aliphatic rings. The molecule has 0 N–H and O–H groups in total. The second-order valence-corrected chi connectivity index (χ2v) is 7.46. The van der Waals surface area contributed by atoms with Crippen LogP contribution >= 0.6 is 0 Å². The van der Waals surface area contributed by atoms with Crippen molar-refractivity contribution < 1.29 is 4.79 Å². The predicted octanol–water partition coefficient (Wildman–Crippen LogP) is 4.35. The van der Waals surface area contributed by atoms with Crippen molar-refractivity contribution >= 4 is 5.78 Å². The van der Waals surface area contributed by atoms with Crippen molar-refractivity contribution in [2.24, 2.45) is 5.41 Å². The Labute approximate surface area is 124 Å². The van der Waals surface area contributed by atoms with Crippen LogP contribution in [0.25, 0.3) is 0 Å². The highest BCUT2D eigenvalue weighted by atomic mass is 16.1. The molecule has 2 heteroatoms. The lowest BCUT2D eigenvalue weighted by Gasteiger charge is -2.40. The first-order valence-electron chi connectivity index (χ1n) is 8.45. The molecule has 20 heavy (non-hydrogen) atoms. The van der Waals surface area contributed by atoms with E-state index in [1.54, 1.807) is 0 Å². The van der Waals surface area contributed by atoms with Gasteiger partial charge in [0.05, 0.1) is 0 Å². The number of allylic oxidation sites excluding steroid dienone is 1. The molecule has 2 rings (SSSR count). The smallest absolute Gasteiger partial charge is 0.159 e. The molecule has 0 radical (unpaired) electrons. The Bertz CT molecular complexity index is 388. The summed E-state index contributed by atoms with van der Waals surface area (Å²) in [6.45, 7) is 11.4. The second-order valence-electron chi connectivity index (χ2n) is 7.46. The summed E-state index contributed by atoms with van der Waals surface area (Å²) in [5.41, 5.74) is 2.87. The van der Waals surface area contributed by atoms with Gasteiger partial charge >= 0.3 is 0 Å². The molecule has 2 nitrogen and oxygen atoms in total. The number of hydrogen-bond donors (Lipinski definition) is 0. The minimum absolute atomic E-state index is 0.179. The third-order valence-corrected chi connectivity index (χ3v) is 4.84. The number of nitrogens with zero attached hydrogens (tertiary/aromatic N) is 1. The Balaban J connectivity index is 2.11. The normalized spacial score (nSPS) is 26.1. The van der Waals surface area contributed by atoms with Crippen LogP contribution in [0.5, 0.6) is 0 Å². The quantitative estimate of drug-likeness (QED) is 0.744. The first-order chi connectivity index (χ1) is 9.46. The van der Waals surface area contributed by atoms with Gasteiger partial charge in [-0.05, 0) is 62.6 Å². The van der Waals surface area contributed by atoms with Crippen molar-refractivity contribution in [2.45, 2.75) is 78.7 Å². The summed E-state index contributed by atoms with van der Waals surface area (Å²) in [7, 11) is 0. The molecule has 1 atom stereocenters. The maximum absolute atomic E-state index is 12.3. The van der Waals surface area contributed by atoms with Gasteiger partial charge in [-0.1, -0.05) is 33.3 Å². The van der Waals surface area contributed by atoms with Crippen molar-refractivity contribution in [1.29, 1.82) is 0 Å². The van der Waals surface area contributed by atoms with E-state index in [1.807, 2.05) is 0 Å². The van der Waals surface area contributed by atoms with E-state index in [0.717, 1.165) is 25.7 Å². The van der Waals surface area contributed by atoms with Gasteiger partial charge in [-0.25, -0.2) is 0 Å². The van der Waals surface area contributed by atoms with Crippen LogP contribution in [0.15, 0.2) is 11.1 Å². The van der Waals surface area contributed by atoms with Crippen LogP contribution in [0.3, 0.4) is 0 Å². The topological polar surface area (TPSA) is 20.3 Å². The number of rotatable bonds is 5. The van der Waals surface area contributed by atoms with Gasteiger partial charge in [-0.15, -0.1) is 0 Å². The lowest BCUT2D eigenvalue weighted by atomic mass is 9.69. The standard InChI is InChI=1S/C18H31NO/c1-5-9-19(10-6-2)15-7-8-16-14(11-15)12-18(3,4)13-17(16)20/h15H,5-13H2,1-4H3/t15-/m0/s1. The third kappa shape index (κ3) is 3.52. The van der Waals surface area contributed by atoms with Crippen LogP contribution in [0, 0.1) is 5.41 Å². The number of carbonyl (C=O) groups excluding carboxylic acids is 1. The van der Waals surface area contributed by atoms with Gasteiger partial charge in [0.2, 0.25) is 0 Å². The molecular formula is C18H31NO. The number of hydrogen-bond acceptors (Lipinski definition) is 2. The van der Waals surface area contributed by atoms with Gasteiger partial charge in [0.15, 0.2) is 5.78 Å². The van der Waals surface area contributed by atoms with E-state index in [1.165, 1.54) is 43.5 Å². The minimum Gasteiger partial charge on any atom is -0.300 e. The Morgan fingerprint density at radius 2 is 1.80 bits per heavy atom. The van der Waals surface area contributed by atoms with Gasteiger partial charge in [0.25, 0.3) is 0 Å². The van der Waals surface area contributed by atoms with Crippen molar-refractivity contribution in [3.05, 3.63) is 11.1 Å². The zero-order valence-corrected chi connectivity index (χ0v) is 13.8. The molecule has 2 aliphatic carbocycles. The van der Waals surface area contributed by atoms with Crippen molar-refractivity contribution in [3.63, 3.8) is 0 Å². The zero-order chi connectivity index (χ0) is 14.8. The fraction of sp³-hybridized carbons (Fsp3) is 0.833. The SMILES string of the molecule is CCCN(CCC)[C@H]1CCC2=C(C1)CC(C)(C)CC2=O. The lowest BCUT2D eigenvalue weighted by Crippen LogP contribution is -2.40. The third-order valence-electron chi connectivity index (χ3n) is 4.84. The van der Waals surface area contributed by atoms with Gasteiger partial charge in [-0.2, -0.15) is 0 Å². The molecule has 0 aromatic rings. The molecular weight excluding hydrogens is 246 g/mol. The average molecular weight is 277 g/mol. The summed E-state index contributed by atoms with van der Waals surface area (Å²) in [5.74, 6) is 0.437. The first kappa shape index (κ1) is 15.8. The largest absolute Gasteiger partial charge is 0.300 e. The van der Waals surface area contributed by atoms with E-state index >= 15 is 0 Å². The molecule has 0 aromatic carbocycles. The average Bonchev–Trinajstić information content (AvgIpc) is 2.36. The predicted molar refractivity (Wildman–Crippen MR) is 84.8 cm³/mol. The maximum atomic E-state index is 12.3. The molecule has 0 aliphatic heterocycles. The molecule has 0 aromatic heterocycles. The highest BCUT2D eigenvalue weighted by Gasteiger charge is 2.36. The van der Waals surface area contributed by atoms with Crippen LogP contribution in [-0.2, 0) is 4.79 Å². The molecule has 0 heterocycles. The van der Waals surface area contributed by atoms with Gasteiger partial charge in [0.1, 0.15) is 0 Å². The summed E-state index contributed by atoms with van der Waals surface area (Å²) < 4.78 is 0. The number of Topliss-reactive ketones (excluding diaryl/α,β-unsaturated/α-hetero) is 1. The summed E-state index contributed by atoms with van der Waals surface area (Å²) in [6, 6.07) is 0.676. The number of ketones is 1. The second kappa shape index (κ2) is 6.43. The molecule has 0 bridgehead atoms. The van der Waals surface area contributed by atoms with Crippen molar-refractivity contribution in [2.75, 3.05) is 13.1 Å². The lowest BCUT2D eigenvalue weighted by molar-refractivity contribution is -0.118. The molecule has 0 spiro atoms. The van der Waals surface area contributed by atoms with Crippen molar-refractivity contribution in [1.82, 2.24) is 4.90 Å². The summed E-state index contributed by atoms with van der Waals surface area (Å²) in [5, 5.41) is 0. The van der Waals surface area contributed by atoms with Crippen molar-refractivity contribution in [3.8, 4) is 0 Å². The van der Waals surface area contributed by atoms with Gasteiger partial charge in [-0.3, -0.25) is 4.79 Å².